The van der Waals surface area contributed by atoms with E-state index < -0.39 is 0 Å². The normalized spacial score (nSPS) is 10.8. The molecule has 0 aliphatic carbocycles. The maximum Gasteiger partial charge on any atom is 0.254 e. The summed E-state index contributed by atoms with van der Waals surface area (Å²) in [5.74, 6) is 0.674. The zero-order valence-corrected chi connectivity index (χ0v) is 19.8. The van der Waals surface area contributed by atoms with Crippen LogP contribution in [0.2, 0.25) is 5.02 Å². The summed E-state index contributed by atoms with van der Waals surface area (Å²) in [7, 11) is 3.09. The third kappa shape index (κ3) is 5.07. The molecule has 1 aromatic heterocycles. The minimum absolute atomic E-state index is 0.171. The van der Waals surface area contributed by atoms with Gasteiger partial charge in [0.05, 0.1) is 30.4 Å². The third-order valence-corrected chi connectivity index (χ3v) is 5.98. The van der Waals surface area contributed by atoms with Crippen molar-refractivity contribution < 1.29 is 14.3 Å². The molecule has 1 heterocycles. The van der Waals surface area contributed by atoms with Crippen LogP contribution in [0.5, 0.6) is 11.5 Å². The monoisotopic (exact) mass is 476 g/mol. The molecule has 0 radical (unpaired) electrons. The molecule has 7 heteroatoms. The van der Waals surface area contributed by atoms with E-state index in [4.69, 9.17) is 21.1 Å². The molecule has 4 aromatic rings. The minimum Gasteiger partial charge on any atom is -0.493 e. The van der Waals surface area contributed by atoms with Gasteiger partial charge in [-0.1, -0.05) is 54.1 Å². The Bertz CT molecular complexity index is 1380. The number of pyridine rings is 1. The van der Waals surface area contributed by atoms with Crippen molar-refractivity contribution in [1.29, 1.82) is 0 Å². The number of carbonyl (C=O) groups excluding carboxylic acids is 1. The molecule has 1 amide bonds. The average molecular weight is 477 g/mol. The van der Waals surface area contributed by atoms with Crippen molar-refractivity contribution in [2.75, 3.05) is 19.5 Å². The van der Waals surface area contributed by atoms with Crippen molar-refractivity contribution in [3.63, 3.8) is 0 Å². The number of para-hydroxylation sites is 1. The van der Waals surface area contributed by atoms with E-state index in [0.717, 1.165) is 10.9 Å². The Hall–Kier alpha value is -3.77. The summed E-state index contributed by atoms with van der Waals surface area (Å²) in [6.07, 6.45) is 1.25. The quantitative estimate of drug-likeness (QED) is 0.384. The van der Waals surface area contributed by atoms with Crippen molar-refractivity contribution >= 4 is 34.1 Å². The van der Waals surface area contributed by atoms with Crippen LogP contribution in [-0.2, 0) is 24.2 Å². The van der Waals surface area contributed by atoms with Crippen molar-refractivity contribution in [3.05, 3.63) is 99.3 Å². The Morgan fingerprint density at radius 2 is 1.59 bits per heavy atom. The highest BCUT2D eigenvalue weighted by Gasteiger charge is 2.16. The van der Waals surface area contributed by atoms with Crippen LogP contribution in [-0.4, -0.2) is 24.7 Å². The number of rotatable bonds is 8. The SMILES string of the molecule is COc1cc2cc(CCc3ccccc3)c(=O)n(CC(=O)Nc3ccccc3Cl)c2cc1OC. The van der Waals surface area contributed by atoms with Gasteiger partial charge >= 0.3 is 0 Å². The molecule has 0 aliphatic heterocycles. The number of methoxy groups -OCH3 is 2. The van der Waals surface area contributed by atoms with Crippen molar-refractivity contribution in [2.45, 2.75) is 19.4 Å². The van der Waals surface area contributed by atoms with Crippen molar-refractivity contribution in [2.24, 2.45) is 0 Å². The maximum atomic E-state index is 13.5. The number of halogens is 1. The fourth-order valence-electron chi connectivity index (χ4n) is 3.92. The van der Waals surface area contributed by atoms with Crippen LogP contribution in [0.15, 0.2) is 77.6 Å². The number of aromatic nitrogens is 1. The fraction of sp³-hybridized carbons (Fsp3) is 0.185. The van der Waals surface area contributed by atoms with Crippen LogP contribution < -0.4 is 20.3 Å². The number of fused-ring (bicyclic) bond motifs is 1. The fourth-order valence-corrected chi connectivity index (χ4v) is 4.10. The molecule has 174 valence electrons. The van der Waals surface area contributed by atoms with E-state index in [-0.39, 0.29) is 18.0 Å². The van der Waals surface area contributed by atoms with Gasteiger partial charge in [0.25, 0.3) is 5.56 Å². The number of carbonyl (C=O) groups is 1. The first-order chi connectivity index (χ1) is 16.5. The smallest absolute Gasteiger partial charge is 0.254 e. The molecule has 3 aromatic carbocycles. The number of aryl methyl sites for hydroxylation is 2. The molecule has 0 fully saturated rings. The van der Waals surface area contributed by atoms with E-state index in [0.29, 0.717) is 46.1 Å². The molecule has 34 heavy (non-hydrogen) atoms. The van der Waals surface area contributed by atoms with Gasteiger partial charge in [0.2, 0.25) is 5.91 Å². The molecule has 0 spiro atoms. The zero-order valence-electron chi connectivity index (χ0n) is 19.0. The minimum atomic E-state index is -0.355. The van der Waals surface area contributed by atoms with Gasteiger partial charge in [-0.25, -0.2) is 0 Å². The number of hydrogen-bond acceptors (Lipinski definition) is 4. The van der Waals surface area contributed by atoms with Crippen LogP contribution in [0.1, 0.15) is 11.1 Å². The summed E-state index contributed by atoms with van der Waals surface area (Å²) in [5, 5.41) is 4.00. The summed E-state index contributed by atoms with van der Waals surface area (Å²) in [6, 6.07) is 22.4. The first-order valence-corrected chi connectivity index (χ1v) is 11.2. The lowest BCUT2D eigenvalue weighted by Crippen LogP contribution is -2.30. The highest BCUT2D eigenvalue weighted by atomic mass is 35.5. The summed E-state index contributed by atoms with van der Waals surface area (Å²) in [4.78, 5) is 26.4. The second kappa shape index (κ2) is 10.4. The first kappa shape index (κ1) is 23.4. The van der Waals surface area contributed by atoms with E-state index in [1.807, 2.05) is 42.5 Å². The Balaban J connectivity index is 1.75. The lowest BCUT2D eigenvalue weighted by atomic mass is 10.0. The van der Waals surface area contributed by atoms with Gasteiger partial charge in [-0.15, -0.1) is 0 Å². The lowest BCUT2D eigenvalue weighted by molar-refractivity contribution is -0.116. The highest BCUT2D eigenvalue weighted by Crippen LogP contribution is 2.32. The number of anilines is 1. The van der Waals surface area contributed by atoms with Gasteiger partial charge in [-0.05, 0) is 42.7 Å². The Labute approximate surface area is 202 Å². The molecule has 0 atom stereocenters. The number of amides is 1. The van der Waals surface area contributed by atoms with E-state index in [9.17, 15) is 9.59 Å². The molecular weight excluding hydrogens is 452 g/mol. The second-order valence-electron chi connectivity index (χ2n) is 7.84. The third-order valence-electron chi connectivity index (χ3n) is 5.65. The average Bonchev–Trinajstić information content (AvgIpc) is 2.86. The molecule has 1 N–H and O–H groups in total. The number of ether oxygens (including phenoxy) is 2. The Morgan fingerprint density at radius 1 is 0.912 bits per heavy atom. The number of nitrogens with zero attached hydrogens (tertiary/aromatic N) is 1. The zero-order chi connectivity index (χ0) is 24.1. The van der Waals surface area contributed by atoms with Crippen LogP contribution >= 0.6 is 11.6 Å². The number of hydrogen-bond donors (Lipinski definition) is 1. The van der Waals surface area contributed by atoms with E-state index in [1.165, 1.54) is 11.7 Å². The van der Waals surface area contributed by atoms with Gasteiger partial charge in [-0.3, -0.25) is 14.2 Å². The summed E-state index contributed by atoms with van der Waals surface area (Å²) >= 11 is 6.18. The molecule has 4 rings (SSSR count). The summed E-state index contributed by atoms with van der Waals surface area (Å²) in [5.41, 5.74) is 2.61. The molecule has 0 aliphatic rings. The highest BCUT2D eigenvalue weighted by molar-refractivity contribution is 6.33. The van der Waals surface area contributed by atoms with Gasteiger partial charge in [-0.2, -0.15) is 0 Å². The number of nitrogens with one attached hydrogen (secondary N) is 1. The molecule has 0 unspecified atom stereocenters. The van der Waals surface area contributed by atoms with Crippen LogP contribution in [0.3, 0.4) is 0 Å². The van der Waals surface area contributed by atoms with Crippen molar-refractivity contribution in [1.82, 2.24) is 4.57 Å². The van der Waals surface area contributed by atoms with Crippen LogP contribution in [0.25, 0.3) is 10.9 Å². The van der Waals surface area contributed by atoms with Gasteiger partial charge < -0.3 is 14.8 Å². The van der Waals surface area contributed by atoms with Crippen LogP contribution in [0.4, 0.5) is 5.69 Å². The first-order valence-electron chi connectivity index (χ1n) is 10.9. The van der Waals surface area contributed by atoms with Gasteiger partial charge in [0.1, 0.15) is 6.54 Å². The molecule has 0 saturated heterocycles. The van der Waals surface area contributed by atoms with Gasteiger partial charge in [0.15, 0.2) is 11.5 Å². The summed E-state index contributed by atoms with van der Waals surface area (Å²) in [6.45, 7) is -0.171. The second-order valence-corrected chi connectivity index (χ2v) is 8.25. The predicted octanol–water partition coefficient (Wildman–Crippen LogP) is 5.10. The Kier molecular flexibility index (Phi) is 7.18. The lowest BCUT2D eigenvalue weighted by Gasteiger charge is -2.16. The maximum absolute atomic E-state index is 13.5. The molecule has 0 bridgehead atoms. The standard InChI is InChI=1S/C27H25ClN2O4/c1-33-24-15-20-14-19(13-12-18-8-4-3-5-9-18)27(32)30(23(20)16-25(24)34-2)17-26(31)29-22-11-7-6-10-21(22)28/h3-11,14-16H,12-13,17H2,1-2H3,(H,29,31). The largest absolute Gasteiger partial charge is 0.493 e. The van der Waals surface area contributed by atoms with Crippen molar-refractivity contribution in [3.8, 4) is 11.5 Å². The van der Waals surface area contributed by atoms with E-state index in [1.54, 1.807) is 37.4 Å². The van der Waals surface area contributed by atoms with E-state index >= 15 is 0 Å². The predicted molar refractivity (Wildman–Crippen MR) is 135 cm³/mol. The number of benzene rings is 3. The molecular formula is C27H25ClN2O4. The topological polar surface area (TPSA) is 69.6 Å². The summed E-state index contributed by atoms with van der Waals surface area (Å²) < 4.78 is 12.4. The van der Waals surface area contributed by atoms with E-state index in [2.05, 4.69) is 5.32 Å². The van der Waals surface area contributed by atoms with Gasteiger partial charge in [0, 0.05) is 17.0 Å². The molecule has 0 saturated carbocycles. The van der Waals surface area contributed by atoms with Crippen LogP contribution in [0, 0.1) is 0 Å². The Morgan fingerprint density at radius 3 is 2.29 bits per heavy atom. The molecule has 6 nitrogen and oxygen atoms in total.